The number of aliphatic hydroxyl groups excluding tert-OH is 1. The van der Waals surface area contributed by atoms with Gasteiger partial charge in [-0.25, -0.2) is 18.0 Å². The second-order valence-corrected chi connectivity index (χ2v) is 3.21. The molecule has 0 aliphatic rings. The molecule has 4 nitrogen and oxygen atoms in total. The molecule has 2 N–H and O–H groups in total. The molecule has 0 bridgehead atoms. The third-order valence-corrected chi connectivity index (χ3v) is 1.90. The highest BCUT2D eigenvalue weighted by Crippen LogP contribution is 2.20. The lowest BCUT2D eigenvalue weighted by Gasteiger charge is -2.12. The predicted molar refractivity (Wildman–Crippen MR) is 49.7 cm³/mol. The van der Waals surface area contributed by atoms with E-state index in [2.05, 4.69) is 4.74 Å². The van der Waals surface area contributed by atoms with Crippen molar-refractivity contribution in [3.8, 4) is 0 Å². The van der Waals surface area contributed by atoms with Crippen LogP contribution in [0.25, 0.3) is 0 Å². The molecular weight excluding hydrogens is 241 g/mol. The number of rotatable bonds is 5. The van der Waals surface area contributed by atoms with E-state index in [1.807, 2.05) is 0 Å². The Morgan fingerprint density at radius 2 is 1.82 bits per heavy atom. The Hall–Kier alpha value is -1.60. The fourth-order valence-electron chi connectivity index (χ4n) is 1.14. The molecule has 0 aromatic heterocycles. The molecule has 0 aliphatic carbocycles. The van der Waals surface area contributed by atoms with Crippen LogP contribution < -0.4 is 0 Å². The van der Waals surface area contributed by atoms with Crippen molar-refractivity contribution in [2.75, 3.05) is 13.2 Å². The molecule has 1 rings (SSSR count). The number of hydrogen-bond acceptors (Lipinski definition) is 3. The number of carboxylic acid groups (broad SMARTS) is 1. The predicted octanol–water partition coefficient (Wildman–Crippen LogP) is 1.24. The Morgan fingerprint density at radius 1 is 1.24 bits per heavy atom. The maximum absolute atomic E-state index is 13.1. The van der Waals surface area contributed by atoms with Crippen LogP contribution >= 0.6 is 0 Å². The quantitative estimate of drug-likeness (QED) is 0.771. The molecule has 1 atom stereocenters. The summed E-state index contributed by atoms with van der Waals surface area (Å²) in [6, 6.07) is 0.796. The highest BCUT2D eigenvalue weighted by molar-refractivity contribution is 5.67. The van der Waals surface area contributed by atoms with Gasteiger partial charge >= 0.3 is 5.97 Å². The molecule has 0 amide bonds. The van der Waals surface area contributed by atoms with Crippen LogP contribution in [0.2, 0.25) is 0 Å². The molecule has 94 valence electrons. The first-order valence-electron chi connectivity index (χ1n) is 4.54. The molecule has 0 radical (unpaired) electrons. The molecule has 1 aromatic rings. The zero-order chi connectivity index (χ0) is 13.0. The summed E-state index contributed by atoms with van der Waals surface area (Å²) in [7, 11) is 0. The van der Waals surface area contributed by atoms with Crippen LogP contribution in [-0.4, -0.2) is 29.4 Å². The Kier molecular flexibility index (Phi) is 4.47. The fourth-order valence-corrected chi connectivity index (χ4v) is 1.14. The molecule has 0 heterocycles. The van der Waals surface area contributed by atoms with Gasteiger partial charge in [-0.15, -0.1) is 0 Å². The van der Waals surface area contributed by atoms with Crippen LogP contribution in [0.3, 0.4) is 0 Å². The van der Waals surface area contributed by atoms with Crippen molar-refractivity contribution in [3.05, 3.63) is 35.1 Å². The van der Waals surface area contributed by atoms with Crippen molar-refractivity contribution in [1.29, 1.82) is 0 Å². The Labute approximate surface area is 94.3 Å². The number of carboxylic acids is 1. The van der Waals surface area contributed by atoms with Crippen molar-refractivity contribution < 1.29 is 32.9 Å². The van der Waals surface area contributed by atoms with Gasteiger partial charge in [0.1, 0.15) is 18.5 Å². The van der Waals surface area contributed by atoms with Gasteiger partial charge in [0.25, 0.3) is 0 Å². The van der Waals surface area contributed by atoms with E-state index in [0.29, 0.717) is 12.1 Å². The number of carbonyl (C=O) groups is 1. The summed E-state index contributed by atoms with van der Waals surface area (Å²) in [4.78, 5) is 10.1. The zero-order valence-electron chi connectivity index (χ0n) is 8.49. The summed E-state index contributed by atoms with van der Waals surface area (Å²) < 4.78 is 43.0. The van der Waals surface area contributed by atoms with E-state index in [9.17, 15) is 23.1 Å². The number of hydrogen-bond donors (Lipinski definition) is 2. The van der Waals surface area contributed by atoms with Crippen LogP contribution in [-0.2, 0) is 9.53 Å². The highest BCUT2D eigenvalue weighted by Gasteiger charge is 2.17. The highest BCUT2D eigenvalue weighted by atomic mass is 19.2. The summed E-state index contributed by atoms with van der Waals surface area (Å²) >= 11 is 0. The third-order valence-electron chi connectivity index (χ3n) is 1.90. The van der Waals surface area contributed by atoms with Crippen LogP contribution in [0, 0.1) is 17.5 Å². The maximum atomic E-state index is 13.1. The lowest BCUT2D eigenvalue weighted by molar-refractivity contribution is -0.143. The molecule has 0 aliphatic heterocycles. The number of aliphatic carboxylic acids is 1. The molecule has 0 spiro atoms. The standard InChI is InChI=1S/C10H9F3O4/c11-6-2-8(13)7(12)1-5(6)9(14)3-17-4-10(15)16/h1-2,9,14H,3-4H2,(H,15,16). The Balaban J connectivity index is 2.71. The minimum absolute atomic E-state index is 0.297. The molecule has 0 fully saturated rings. The second-order valence-electron chi connectivity index (χ2n) is 3.21. The van der Waals surface area contributed by atoms with Crippen LogP contribution in [0.5, 0.6) is 0 Å². The number of ether oxygens (including phenoxy) is 1. The summed E-state index contributed by atoms with van der Waals surface area (Å²) in [5.74, 6) is -5.07. The lowest BCUT2D eigenvalue weighted by Crippen LogP contribution is -2.14. The summed E-state index contributed by atoms with van der Waals surface area (Å²) in [5, 5.41) is 17.6. The van der Waals surface area contributed by atoms with Gasteiger partial charge in [-0.3, -0.25) is 0 Å². The number of halogens is 3. The molecule has 0 saturated carbocycles. The largest absolute Gasteiger partial charge is 0.480 e. The van der Waals surface area contributed by atoms with Gasteiger partial charge in [0.2, 0.25) is 0 Å². The normalized spacial score (nSPS) is 12.5. The molecule has 1 unspecified atom stereocenters. The third kappa shape index (κ3) is 3.72. The van der Waals surface area contributed by atoms with Gasteiger partial charge in [-0.05, 0) is 6.07 Å². The second kappa shape index (κ2) is 5.65. The first kappa shape index (κ1) is 13.5. The van der Waals surface area contributed by atoms with Crippen LogP contribution in [0.1, 0.15) is 11.7 Å². The molecule has 0 saturated heterocycles. The average molecular weight is 250 g/mol. The lowest BCUT2D eigenvalue weighted by atomic mass is 10.1. The number of aliphatic hydroxyl groups is 1. The molecule has 17 heavy (non-hydrogen) atoms. The molecular formula is C10H9F3O4. The van der Waals surface area contributed by atoms with Crippen molar-refractivity contribution in [3.63, 3.8) is 0 Å². The van der Waals surface area contributed by atoms with E-state index in [1.54, 1.807) is 0 Å². The van der Waals surface area contributed by atoms with Crippen molar-refractivity contribution in [2.45, 2.75) is 6.10 Å². The first-order chi connectivity index (χ1) is 7.91. The summed E-state index contributed by atoms with van der Waals surface area (Å²) in [6.07, 6.45) is -1.57. The van der Waals surface area contributed by atoms with E-state index in [0.717, 1.165) is 0 Å². The Morgan fingerprint density at radius 3 is 2.41 bits per heavy atom. The van der Waals surface area contributed by atoms with Gasteiger partial charge in [0.05, 0.1) is 6.61 Å². The van der Waals surface area contributed by atoms with Gasteiger partial charge in [-0.1, -0.05) is 0 Å². The zero-order valence-corrected chi connectivity index (χ0v) is 8.49. The van der Waals surface area contributed by atoms with Gasteiger partial charge in [0, 0.05) is 11.6 Å². The molecule has 1 aromatic carbocycles. The molecule has 7 heteroatoms. The van der Waals surface area contributed by atoms with E-state index in [4.69, 9.17) is 5.11 Å². The van der Waals surface area contributed by atoms with Crippen molar-refractivity contribution in [2.24, 2.45) is 0 Å². The smallest absolute Gasteiger partial charge is 0.329 e. The van der Waals surface area contributed by atoms with Crippen molar-refractivity contribution in [1.82, 2.24) is 0 Å². The van der Waals surface area contributed by atoms with Crippen LogP contribution in [0.15, 0.2) is 12.1 Å². The summed E-state index contributed by atoms with van der Waals surface area (Å²) in [6.45, 7) is -1.21. The minimum atomic E-state index is -1.57. The van der Waals surface area contributed by atoms with E-state index < -0.39 is 48.3 Å². The van der Waals surface area contributed by atoms with E-state index in [1.165, 1.54) is 0 Å². The maximum Gasteiger partial charge on any atom is 0.329 e. The van der Waals surface area contributed by atoms with Gasteiger partial charge in [-0.2, -0.15) is 0 Å². The van der Waals surface area contributed by atoms with Crippen LogP contribution in [0.4, 0.5) is 13.2 Å². The minimum Gasteiger partial charge on any atom is -0.480 e. The van der Waals surface area contributed by atoms with E-state index >= 15 is 0 Å². The van der Waals surface area contributed by atoms with Crippen molar-refractivity contribution >= 4 is 5.97 Å². The van der Waals surface area contributed by atoms with E-state index in [-0.39, 0.29) is 0 Å². The van der Waals surface area contributed by atoms with Gasteiger partial charge in [0.15, 0.2) is 11.6 Å². The monoisotopic (exact) mass is 250 g/mol. The summed E-state index contributed by atoms with van der Waals surface area (Å²) in [5.41, 5.74) is -0.491. The van der Waals surface area contributed by atoms with Gasteiger partial charge < -0.3 is 14.9 Å². The SMILES string of the molecule is O=C(O)COCC(O)c1cc(F)c(F)cc1F. The number of benzene rings is 1. The first-order valence-corrected chi connectivity index (χ1v) is 4.54. The Bertz CT molecular complexity index is 422. The average Bonchev–Trinajstić information content (AvgIpc) is 2.22. The fraction of sp³-hybridized carbons (Fsp3) is 0.300. The topological polar surface area (TPSA) is 66.8 Å².